The molecular weight excluding hydrogens is 198 g/mol. The second-order valence-corrected chi connectivity index (χ2v) is 4.71. The van der Waals surface area contributed by atoms with Crippen LogP contribution in [-0.2, 0) is 0 Å². The number of hydrogen-bond acceptors (Lipinski definition) is 3. The molecule has 0 radical (unpaired) electrons. The third-order valence-corrected chi connectivity index (χ3v) is 2.60. The zero-order chi connectivity index (χ0) is 12.4. The molecule has 1 atom stereocenters. The van der Waals surface area contributed by atoms with Crippen LogP contribution in [0.3, 0.4) is 0 Å². The van der Waals surface area contributed by atoms with Crippen molar-refractivity contribution in [3.8, 4) is 6.07 Å². The van der Waals surface area contributed by atoms with Crippen molar-refractivity contribution in [2.75, 3.05) is 26.2 Å². The molecular formula is C13H27N3. The molecule has 0 aromatic heterocycles. The fraction of sp³-hybridized carbons (Fsp3) is 0.923. The molecule has 16 heavy (non-hydrogen) atoms. The van der Waals surface area contributed by atoms with Crippen LogP contribution in [-0.4, -0.2) is 37.1 Å². The van der Waals surface area contributed by atoms with Crippen LogP contribution in [0.15, 0.2) is 0 Å². The Morgan fingerprint density at radius 3 is 2.44 bits per heavy atom. The normalized spacial score (nSPS) is 13.1. The summed E-state index contributed by atoms with van der Waals surface area (Å²) in [6.07, 6.45) is 2.01. The third-order valence-electron chi connectivity index (χ3n) is 2.60. The number of nitrogens with one attached hydrogen (secondary N) is 1. The second-order valence-electron chi connectivity index (χ2n) is 4.71. The lowest BCUT2D eigenvalue weighted by Gasteiger charge is -2.23. The van der Waals surface area contributed by atoms with E-state index in [0.717, 1.165) is 39.0 Å². The third kappa shape index (κ3) is 7.67. The van der Waals surface area contributed by atoms with Crippen molar-refractivity contribution in [3.05, 3.63) is 0 Å². The summed E-state index contributed by atoms with van der Waals surface area (Å²) >= 11 is 0. The van der Waals surface area contributed by atoms with Crippen molar-refractivity contribution in [2.45, 2.75) is 46.6 Å². The quantitative estimate of drug-likeness (QED) is 0.654. The summed E-state index contributed by atoms with van der Waals surface area (Å²) in [5.74, 6) is 0.698. The minimum absolute atomic E-state index is 0.0150. The molecule has 94 valence electrons. The van der Waals surface area contributed by atoms with Crippen molar-refractivity contribution in [2.24, 2.45) is 5.92 Å². The smallest absolute Gasteiger partial charge is 0.0965 e. The van der Waals surface area contributed by atoms with E-state index in [1.807, 2.05) is 0 Å². The first-order valence-electron chi connectivity index (χ1n) is 6.49. The van der Waals surface area contributed by atoms with Crippen LogP contribution < -0.4 is 5.32 Å². The van der Waals surface area contributed by atoms with Crippen LogP contribution in [0.1, 0.15) is 40.5 Å². The van der Waals surface area contributed by atoms with Crippen LogP contribution in [0, 0.1) is 17.2 Å². The van der Waals surface area contributed by atoms with E-state index in [1.54, 1.807) is 0 Å². The summed E-state index contributed by atoms with van der Waals surface area (Å²) in [6, 6.07) is 2.35. The Kier molecular flexibility index (Phi) is 9.27. The maximum absolute atomic E-state index is 8.99. The molecule has 0 rings (SSSR count). The second kappa shape index (κ2) is 9.62. The molecule has 0 aliphatic rings. The summed E-state index contributed by atoms with van der Waals surface area (Å²) in [7, 11) is 0. The van der Waals surface area contributed by atoms with Crippen LogP contribution >= 0.6 is 0 Å². The predicted molar refractivity (Wildman–Crippen MR) is 69.3 cm³/mol. The molecule has 0 amide bonds. The van der Waals surface area contributed by atoms with Gasteiger partial charge in [-0.25, -0.2) is 0 Å². The van der Waals surface area contributed by atoms with E-state index >= 15 is 0 Å². The van der Waals surface area contributed by atoms with Gasteiger partial charge in [0.15, 0.2) is 0 Å². The Morgan fingerprint density at radius 2 is 2.00 bits per heavy atom. The predicted octanol–water partition coefficient (Wildman–Crippen LogP) is 2.25. The first-order chi connectivity index (χ1) is 7.63. The van der Waals surface area contributed by atoms with E-state index in [0.29, 0.717) is 5.92 Å². The van der Waals surface area contributed by atoms with Gasteiger partial charge in [-0.1, -0.05) is 27.7 Å². The maximum Gasteiger partial charge on any atom is 0.0965 e. The van der Waals surface area contributed by atoms with E-state index in [1.165, 1.54) is 0 Å². The van der Waals surface area contributed by atoms with Crippen molar-refractivity contribution in [1.82, 2.24) is 10.2 Å². The van der Waals surface area contributed by atoms with Crippen LogP contribution in [0.25, 0.3) is 0 Å². The molecule has 1 unspecified atom stereocenters. The molecule has 3 nitrogen and oxygen atoms in total. The van der Waals surface area contributed by atoms with Gasteiger partial charge in [0, 0.05) is 13.1 Å². The molecule has 0 heterocycles. The van der Waals surface area contributed by atoms with Gasteiger partial charge in [0.25, 0.3) is 0 Å². The fourth-order valence-electron chi connectivity index (χ4n) is 1.74. The highest BCUT2D eigenvalue weighted by atomic mass is 15.1. The number of nitrogens with zero attached hydrogens (tertiary/aromatic N) is 2. The van der Waals surface area contributed by atoms with Gasteiger partial charge in [0.2, 0.25) is 0 Å². The lowest BCUT2D eigenvalue weighted by atomic mass is 10.1. The summed E-state index contributed by atoms with van der Waals surface area (Å²) < 4.78 is 0. The molecule has 0 aliphatic carbocycles. The lowest BCUT2D eigenvalue weighted by molar-refractivity contribution is 0.247. The zero-order valence-corrected chi connectivity index (χ0v) is 11.3. The van der Waals surface area contributed by atoms with Crippen LogP contribution in [0.2, 0.25) is 0 Å². The van der Waals surface area contributed by atoms with Crippen LogP contribution in [0.5, 0.6) is 0 Å². The Bertz CT molecular complexity index is 196. The molecule has 0 saturated carbocycles. The van der Waals surface area contributed by atoms with E-state index in [-0.39, 0.29) is 6.04 Å². The van der Waals surface area contributed by atoms with Gasteiger partial charge in [-0.05, 0) is 31.8 Å². The minimum Gasteiger partial charge on any atom is -0.303 e. The first-order valence-corrected chi connectivity index (χ1v) is 6.49. The van der Waals surface area contributed by atoms with E-state index in [2.05, 4.69) is 44.0 Å². The van der Waals surface area contributed by atoms with Crippen molar-refractivity contribution < 1.29 is 0 Å². The van der Waals surface area contributed by atoms with Crippen molar-refractivity contribution >= 4 is 0 Å². The van der Waals surface area contributed by atoms with Gasteiger partial charge in [0.1, 0.15) is 0 Å². The van der Waals surface area contributed by atoms with Gasteiger partial charge in [0.05, 0.1) is 12.1 Å². The van der Waals surface area contributed by atoms with Gasteiger partial charge in [-0.3, -0.25) is 0 Å². The monoisotopic (exact) mass is 225 g/mol. The Hall–Kier alpha value is -0.590. The maximum atomic E-state index is 8.99. The number of hydrogen-bond donors (Lipinski definition) is 1. The standard InChI is InChI=1S/C13H27N3/c1-5-8-15-13(10-14)7-9-16(6-2)11-12(3)4/h12-13,15H,5-9,11H2,1-4H3. The SMILES string of the molecule is CCCNC(C#N)CCN(CC)CC(C)C. The summed E-state index contributed by atoms with van der Waals surface area (Å²) in [5.41, 5.74) is 0. The van der Waals surface area contributed by atoms with Gasteiger partial charge < -0.3 is 10.2 Å². The summed E-state index contributed by atoms with van der Waals surface area (Å²) in [6.45, 7) is 12.9. The van der Waals surface area contributed by atoms with Gasteiger partial charge in [-0.2, -0.15) is 5.26 Å². The minimum atomic E-state index is 0.0150. The molecule has 0 fully saturated rings. The van der Waals surface area contributed by atoms with Gasteiger partial charge >= 0.3 is 0 Å². The Labute approximate surface area is 101 Å². The van der Waals surface area contributed by atoms with Crippen molar-refractivity contribution in [1.29, 1.82) is 5.26 Å². The fourth-order valence-corrected chi connectivity index (χ4v) is 1.74. The number of nitriles is 1. The van der Waals surface area contributed by atoms with Crippen LogP contribution in [0.4, 0.5) is 0 Å². The average Bonchev–Trinajstić information content (AvgIpc) is 2.27. The summed E-state index contributed by atoms with van der Waals surface area (Å²) in [4.78, 5) is 2.42. The van der Waals surface area contributed by atoms with Gasteiger partial charge in [-0.15, -0.1) is 0 Å². The number of rotatable bonds is 9. The highest BCUT2D eigenvalue weighted by Gasteiger charge is 2.10. The zero-order valence-electron chi connectivity index (χ0n) is 11.3. The Morgan fingerprint density at radius 1 is 1.31 bits per heavy atom. The molecule has 0 saturated heterocycles. The summed E-state index contributed by atoms with van der Waals surface area (Å²) in [5, 5.41) is 12.3. The highest BCUT2D eigenvalue weighted by molar-refractivity contribution is 4.90. The highest BCUT2D eigenvalue weighted by Crippen LogP contribution is 2.01. The van der Waals surface area contributed by atoms with Crippen molar-refractivity contribution in [3.63, 3.8) is 0 Å². The Balaban J connectivity index is 3.84. The average molecular weight is 225 g/mol. The molecule has 3 heteroatoms. The first kappa shape index (κ1) is 15.4. The van der Waals surface area contributed by atoms with E-state index < -0.39 is 0 Å². The molecule has 0 bridgehead atoms. The molecule has 0 aliphatic heterocycles. The molecule has 0 aromatic rings. The lowest BCUT2D eigenvalue weighted by Crippen LogP contribution is -2.35. The van der Waals surface area contributed by atoms with E-state index in [4.69, 9.17) is 5.26 Å². The molecule has 0 spiro atoms. The molecule has 1 N–H and O–H groups in total. The topological polar surface area (TPSA) is 39.1 Å². The molecule has 0 aromatic carbocycles. The van der Waals surface area contributed by atoms with E-state index in [9.17, 15) is 0 Å². The largest absolute Gasteiger partial charge is 0.303 e.